The van der Waals surface area contributed by atoms with Crippen LogP contribution >= 0.6 is 0 Å². The number of carbonyl (C=O) groups excluding carboxylic acids is 2. The molecule has 0 spiro atoms. The van der Waals surface area contributed by atoms with Crippen LogP contribution in [0.2, 0.25) is 0 Å². The third-order valence-electron chi connectivity index (χ3n) is 4.63. The molecule has 25 heavy (non-hydrogen) atoms. The summed E-state index contributed by atoms with van der Waals surface area (Å²) in [4.78, 5) is 32.6. The summed E-state index contributed by atoms with van der Waals surface area (Å²) >= 11 is 0. The molecule has 1 aliphatic heterocycles. The number of anilines is 1. The van der Waals surface area contributed by atoms with Crippen molar-refractivity contribution in [1.82, 2.24) is 9.88 Å². The van der Waals surface area contributed by atoms with Crippen molar-refractivity contribution in [2.45, 2.75) is 13.0 Å². The highest BCUT2D eigenvalue weighted by molar-refractivity contribution is 6.22. The molecule has 2 heterocycles. The number of amides is 3. The molecule has 2 aromatic carbocycles. The topological polar surface area (TPSA) is 53.5 Å². The summed E-state index contributed by atoms with van der Waals surface area (Å²) in [5.41, 5.74) is 1.54. The molecule has 4 rings (SSSR count). The second kappa shape index (κ2) is 6.02. The first-order valence-electron chi connectivity index (χ1n) is 8.18. The number of imide groups is 1. The maximum atomic E-state index is 13.0. The van der Waals surface area contributed by atoms with Crippen LogP contribution in [-0.4, -0.2) is 28.4 Å². The van der Waals surface area contributed by atoms with Gasteiger partial charge in [-0.3, -0.25) is 9.78 Å². The van der Waals surface area contributed by atoms with Gasteiger partial charge in [0.1, 0.15) is 6.54 Å². The fourth-order valence-corrected chi connectivity index (χ4v) is 3.25. The summed E-state index contributed by atoms with van der Waals surface area (Å²) in [6.45, 7) is 2.00. The van der Waals surface area contributed by atoms with Crippen LogP contribution < -0.4 is 4.90 Å². The number of hydrogen-bond donors (Lipinski definition) is 0. The lowest BCUT2D eigenvalue weighted by Crippen LogP contribution is -2.34. The smallest absolute Gasteiger partial charge is 0.308 e. The second-order valence-corrected chi connectivity index (χ2v) is 6.11. The van der Waals surface area contributed by atoms with E-state index in [1.807, 2.05) is 61.5 Å². The maximum absolute atomic E-state index is 13.0. The van der Waals surface area contributed by atoms with Crippen molar-refractivity contribution in [1.29, 1.82) is 0 Å². The van der Waals surface area contributed by atoms with Crippen LogP contribution in [0.3, 0.4) is 0 Å². The number of benzene rings is 2. The van der Waals surface area contributed by atoms with Crippen LogP contribution in [-0.2, 0) is 4.79 Å². The highest BCUT2D eigenvalue weighted by atomic mass is 16.2. The van der Waals surface area contributed by atoms with Gasteiger partial charge in [0.15, 0.2) is 0 Å². The van der Waals surface area contributed by atoms with Crippen molar-refractivity contribution in [2.75, 3.05) is 11.4 Å². The number of pyridine rings is 1. The molecular weight excluding hydrogens is 314 g/mol. The fraction of sp³-hybridized carbons (Fsp3) is 0.150. The Morgan fingerprint density at radius 2 is 1.68 bits per heavy atom. The van der Waals surface area contributed by atoms with E-state index in [2.05, 4.69) is 4.98 Å². The molecule has 1 aliphatic rings. The summed E-state index contributed by atoms with van der Waals surface area (Å²) in [6, 6.07) is 16.9. The first kappa shape index (κ1) is 15.3. The molecule has 5 nitrogen and oxygen atoms in total. The molecule has 5 heteroatoms. The summed E-state index contributed by atoms with van der Waals surface area (Å²) in [7, 11) is 0. The Hall–Kier alpha value is -3.21. The molecular formula is C20H17N3O2. The Morgan fingerprint density at radius 3 is 2.48 bits per heavy atom. The lowest BCUT2D eigenvalue weighted by atomic mass is 10.1. The minimum atomic E-state index is -0.306. The zero-order chi connectivity index (χ0) is 17.4. The van der Waals surface area contributed by atoms with Crippen LogP contribution in [0, 0.1) is 0 Å². The molecule has 0 saturated carbocycles. The van der Waals surface area contributed by atoms with Gasteiger partial charge in [0.2, 0.25) is 0 Å². The molecule has 3 amide bonds. The lowest BCUT2D eigenvalue weighted by Gasteiger charge is -2.24. The molecule has 1 saturated heterocycles. The van der Waals surface area contributed by atoms with Crippen LogP contribution in [0.15, 0.2) is 67.0 Å². The molecule has 0 N–H and O–H groups in total. The van der Waals surface area contributed by atoms with Gasteiger partial charge >= 0.3 is 6.03 Å². The van der Waals surface area contributed by atoms with Crippen molar-refractivity contribution >= 4 is 28.4 Å². The SMILES string of the molecule is CC(c1ccccc1)N1CC(=O)N(c2cncc3ccccc23)C1=O. The Bertz CT molecular complexity index is 950. The van der Waals surface area contributed by atoms with Gasteiger partial charge in [0.25, 0.3) is 5.91 Å². The minimum absolute atomic E-state index is 0.0676. The first-order chi connectivity index (χ1) is 12.2. The van der Waals surface area contributed by atoms with Gasteiger partial charge in [-0.1, -0.05) is 54.6 Å². The zero-order valence-electron chi connectivity index (χ0n) is 13.8. The van der Waals surface area contributed by atoms with E-state index >= 15 is 0 Å². The molecule has 0 aliphatic carbocycles. The number of nitrogens with zero attached hydrogens (tertiary/aromatic N) is 3. The van der Waals surface area contributed by atoms with Crippen molar-refractivity contribution in [3.05, 3.63) is 72.6 Å². The quantitative estimate of drug-likeness (QED) is 0.687. The molecule has 124 valence electrons. The normalized spacial score (nSPS) is 15.9. The number of fused-ring (bicyclic) bond motifs is 1. The summed E-state index contributed by atoms with van der Waals surface area (Å²) in [6.07, 6.45) is 3.31. The molecule has 3 aromatic rings. The largest absolute Gasteiger partial charge is 0.332 e. The predicted molar refractivity (Wildman–Crippen MR) is 96.2 cm³/mol. The number of hydrogen-bond acceptors (Lipinski definition) is 3. The summed E-state index contributed by atoms with van der Waals surface area (Å²) < 4.78 is 0. The van der Waals surface area contributed by atoms with Gasteiger partial charge in [0.05, 0.1) is 17.9 Å². The third-order valence-corrected chi connectivity index (χ3v) is 4.63. The Balaban J connectivity index is 1.72. The van der Waals surface area contributed by atoms with E-state index in [0.29, 0.717) is 5.69 Å². The van der Waals surface area contributed by atoms with Crippen LogP contribution in [0.5, 0.6) is 0 Å². The van der Waals surface area contributed by atoms with Gasteiger partial charge < -0.3 is 4.90 Å². The number of carbonyl (C=O) groups is 2. The monoisotopic (exact) mass is 331 g/mol. The van der Waals surface area contributed by atoms with E-state index in [-0.39, 0.29) is 24.5 Å². The highest BCUT2D eigenvalue weighted by Gasteiger charge is 2.40. The number of aromatic nitrogens is 1. The van der Waals surface area contributed by atoms with Crippen molar-refractivity contribution in [2.24, 2.45) is 0 Å². The summed E-state index contributed by atoms with van der Waals surface area (Å²) in [5, 5.41) is 1.74. The molecule has 1 fully saturated rings. The lowest BCUT2D eigenvalue weighted by molar-refractivity contribution is -0.116. The van der Waals surface area contributed by atoms with Gasteiger partial charge in [-0.25, -0.2) is 9.69 Å². The van der Waals surface area contributed by atoms with Crippen LogP contribution in [0.25, 0.3) is 10.8 Å². The molecule has 0 radical (unpaired) electrons. The zero-order valence-corrected chi connectivity index (χ0v) is 13.8. The maximum Gasteiger partial charge on any atom is 0.332 e. The Morgan fingerprint density at radius 1 is 0.960 bits per heavy atom. The van der Waals surface area contributed by atoms with Crippen molar-refractivity contribution < 1.29 is 9.59 Å². The average molecular weight is 331 g/mol. The van der Waals surface area contributed by atoms with E-state index in [1.54, 1.807) is 17.3 Å². The molecule has 0 bridgehead atoms. The van der Waals surface area contributed by atoms with E-state index in [1.165, 1.54) is 4.90 Å². The first-order valence-corrected chi connectivity index (χ1v) is 8.18. The van der Waals surface area contributed by atoms with E-state index < -0.39 is 0 Å². The third kappa shape index (κ3) is 2.54. The fourth-order valence-electron chi connectivity index (χ4n) is 3.25. The van der Waals surface area contributed by atoms with Crippen LogP contribution in [0.4, 0.5) is 10.5 Å². The van der Waals surface area contributed by atoms with E-state index in [4.69, 9.17) is 0 Å². The Labute approximate surface area is 145 Å². The number of urea groups is 1. The number of rotatable bonds is 3. The minimum Gasteiger partial charge on any atom is -0.308 e. The predicted octanol–water partition coefficient (Wildman–Crippen LogP) is 3.76. The van der Waals surface area contributed by atoms with Crippen LogP contribution in [0.1, 0.15) is 18.5 Å². The summed E-state index contributed by atoms with van der Waals surface area (Å²) in [5.74, 6) is -0.231. The molecule has 1 atom stereocenters. The van der Waals surface area contributed by atoms with Gasteiger partial charge in [0, 0.05) is 17.0 Å². The highest BCUT2D eigenvalue weighted by Crippen LogP contribution is 2.32. The van der Waals surface area contributed by atoms with Gasteiger partial charge in [-0.05, 0) is 12.5 Å². The standard InChI is InChI=1S/C20H17N3O2/c1-14(15-7-3-2-4-8-15)22-13-19(24)23(20(22)25)18-12-21-11-16-9-5-6-10-17(16)18/h2-12,14H,13H2,1H3. The molecule has 1 aromatic heterocycles. The van der Waals surface area contributed by atoms with Gasteiger partial charge in [-0.15, -0.1) is 0 Å². The second-order valence-electron chi connectivity index (χ2n) is 6.11. The van der Waals surface area contributed by atoms with Gasteiger partial charge in [-0.2, -0.15) is 0 Å². The Kier molecular flexibility index (Phi) is 3.69. The van der Waals surface area contributed by atoms with E-state index in [0.717, 1.165) is 16.3 Å². The van der Waals surface area contributed by atoms with E-state index in [9.17, 15) is 9.59 Å². The van der Waals surface area contributed by atoms with Crippen molar-refractivity contribution in [3.63, 3.8) is 0 Å². The molecule has 1 unspecified atom stereocenters. The average Bonchev–Trinajstić information content (AvgIpc) is 2.95. The van der Waals surface area contributed by atoms with Crippen molar-refractivity contribution in [3.8, 4) is 0 Å².